The van der Waals surface area contributed by atoms with E-state index in [-0.39, 0.29) is 10.8 Å². The average Bonchev–Trinajstić information content (AvgIpc) is 2.38. The van der Waals surface area contributed by atoms with Gasteiger partial charge in [-0.3, -0.25) is 0 Å². The lowest BCUT2D eigenvalue weighted by Gasteiger charge is -2.07. The van der Waals surface area contributed by atoms with Crippen LogP contribution >= 0.6 is 23.2 Å². The number of aromatic hydroxyl groups is 1. The first kappa shape index (κ1) is 14.1. The van der Waals surface area contributed by atoms with Crippen LogP contribution in [0.4, 0.5) is 4.39 Å². The van der Waals surface area contributed by atoms with Crippen LogP contribution in [0, 0.1) is 5.82 Å². The Bertz CT molecular complexity index is 538. The summed E-state index contributed by atoms with van der Waals surface area (Å²) in [6, 6.07) is 9.64. The van der Waals surface area contributed by atoms with Crippen LogP contribution in [0.2, 0.25) is 10.0 Å². The van der Waals surface area contributed by atoms with Gasteiger partial charge < -0.3 is 10.4 Å². The molecule has 0 aliphatic carbocycles. The van der Waals surface area contributed by atoms with Crippen LogP contribution in [0.25, 0.3) is 0 Å². The van der Waals surface area contributed by atoms with E-state index in [0.29, 0.717) is 18.1 Å². The molecule has 5 heteroatoms. The highest BCUT2D eigenvalue weighted by molar-refractivity contribution is 6.32. The summed E-state index contributed by atoms with van der Waals surface area (Å²) >= 11 is 11.5. The van der Waals surface area contributed by atoms with Crippen molar-refractivity contribution in [2.75, 3.05) is 0 Å². The van der Waals surface area contributed by atoms with Gasteiger partial charge in [-0.05, 0) is 35.4 Å². The SMILES string of the molecule is Oc1ccc(CNCc2ccc(F)c(Cl)c2)cc1Cl. The van der Waals surface area contributed by atoms with Gasteiger partial charge in [0.25, 0.3) is 0 Å². The monoisotopic (exact) mass is 299 g/mol. The van der Waals surface area contributed by atoms with E-state index in [9.17, 15) is 9.50 Å². The lowest BCUT2D eigenvalue weighted by Crippen LogP contribution is -2.12. The lowest BCUT2D eigenvalue weighted by atomic mass is 10.2. The van der Waals surface area contributed by atoms with Crippen LogP contribution in [0.1, 0.15) is 11.1 Å². The molecule has 2 N–H and O–H groups in total. The summed E-state index contributed by atoms with van der Waals surface area (Å²) in [5.74, 6) is -0.355. The van der Waals surface area contributed by atoms with Gasteiger partial charge in [-0.1, -0.05) is 35.3 Å². The summed E-state index contributed by atoms with van der Waals surface area (Å²) < 4.78 is 13.0. The second-order valence-electron chi connectivity index (χ2n) is 4.14. The van der Waals surface area contributed by atoms with Crippen LogP contribution in [0.5, 0.6) is 5.75 Å². The molecule has 2 rings (SSSR count). The third-order valence-corrected chi connectivity index (χ3v) is 3.25. The molecule has 0 heterocycles. The highest BCUT2D eigenvalue weighted by Crippen LogP contribution is 2.23. The molecule has 0 amide bonds. The van der Waals surface area contributed by atoms with Crippen LogP contribution in [-0.2, 0) is 13.1 Å². The number of phenols is 1. The maximum absolute atomic E-state index is 13.0. The summed E-state index contributed by atoms with van der Waals surface area (Å²) in [4.78, 5) is 0. The molecular weight excluding hydrogens is 288 g/mol. The molecule has 0 bridgehead atoms. The van der Waals surface area contributed by atoms with Crippen LogP contribution in [0.15, 0.2) is 36.4 Å². The fraction of sp³-hybridized carbons (Fsp3) is 0.143. The lowest BCUT2D eigenvalue weighted by molar-refractivity contribution is 0.475. The average molecular weight is 300 g/mol. The smallest absolute Gasteiger partial charge is 0.141 e. The van der Waals surface area contributed by atoms with Gasteiger partial charge in [0.15, 0.2) is 0 Å². The molecule has 0 atom stereocenters. The standard InChI is InChI=1S/C14H12Cl2FNO/c15-11-5-9(1-3-13(11)17)7-18-8-10-2-4-14(19)12(16)6-10/h1-6,18-19H,7-8H2. The Hall–Kier alpha value is -1.29. The molecule has 19 heavy (non-hydrogen) atoms. The van der Waals surface area contributed by atoms with Gasteiger partial charge in [0.2, 0.25) is 0 Å². The van der Waals surface area contributed by atoms with E-state index < -0.39 is 5.82 Å². The van der Waals surface area contributed by atoms with E-state index in [2.05, 4.69) is 5.32 Å². The maximum Gasteiger partial charge on any atom is 0.141 e. The van der Waals surface area contributed by atoms with Crippen molar-refractivity contribution in [2.45, 2.75) is 13.1 Å². The number of halogens is 3. The van der Waals surface area contributed by atoms with Crippen molar-refractivity contribution < 1.29 is 9.50 Å². The zero-order valence-corrected chi connectivity index (χ0v) is 11.5. The molecule has 100 valence electrons. The molecule has 0 fully saturated rings. The van der Waals surface area contributed by atoms with Crippen LogP contribution in [-0.4, -0.2) is 5.11 Å². The fourth-order valence-corrected chi connectivity index (χ4v) is 2.07. The van der Waals surface area contributed by atoms with Gasteiger partial charge in [-0.2, -0.15) is 0 Å². The fourth-order valence-electron chi connectivity index (χ4n) is 1.66. The molecular formula is C14H12Cl2FNO. The predicted octanol–water partition coefficient (Wildman–Crippen LogP) is 4.13. The quantitative estimate of drug-likeness (QED) is 0.890. The zero-order valence-electron chi connectivity index (χ0n) is 9.96. The first-order valence-electron chi connectivity index (χ1n) is 5.68. The minimum atomic E-state index is -0.421. The van der Waals surface area contributed by atoms with Gasteiger partial charge >= 0.3 is 0 Å². The molecule has 0 unspecified atom stereocenters. The number of phenolic OH excluding ortho intramolecular Hbond substituents is 1. The Balaban J connectivity index is 1.92. The van der Waals surface area contributed by atoms with E-state index in [0.717, 1.165) is 11.1 Å². The van der Waals surface area contributed by atoms with Crippen molar-refractivity contribution >= 4 is 23.2 Å². The number of hydrogen-bond donors (Lipinski definition) is 2. The van der Waals surface area contributed by atoms with E-state index in [1.165, 1.54) is 6.07 Å². The summed E-state index contributed by atoms with van der Waals surface area (Å²) in [5, 5.41) is 12.9. The van der Waals surface area contributed by atoms with Gasteiger partial charge in [-0.25, -0.2) is 4.39 Å². The Morgan fingerprint density at radius 3 is 2.11 bits per heavy atom. The Morgan fingerprint density at radius 1 is 0.947 bits per heavy atom. The second-order valence-corrected chi connectivity index (χ2v) is 4.95. The molecule has 0 saturated carbocycles. The van der Waals surface area contributed by atoms with Crippen LogP contribution in [0.3, 0.4) is 0 Å². The Morgan fingerprint density at radius 2 is 1.53 bits per heavy atom. The molecule has 0 radical (unpaired) electrons. The molecule has 0 aliphatic heterocycles. The largest absolute Gasteiger partial charge is 0.506 e. The third kappa shape index (κ3) is 3.83. The van der Waals surface area contributed by atoms with Crippen LogP contribution < -0.4 is 5.32 Å². The molecule has 2 aromatic carbocycles. The van der Waals surface area contributed by atoms with Gasteiger partial charge in [-0.15, -0.1) is 0 Å². The van der Waals surface area contributed by atoms with E-state index in [1.807, 2.05) is 0 Å². The van der Waals surface area contributed by atoms with Crippen molar-refractivity contribution in [3.63, 3.8) is 0 Å². The topological polar surface area (TPSA) is 32.3 Å². The summed E-state index contributed by atoms with van der Waals surface area (Å²) in [7, 11) is 0. The minimum Gasteiger partial charge on any atom is -0.506 e. The maximum atomic E-state index is 13.0. The molecule has 0 aromatic heterocycles. The predicted molar refractivity (Wildman–Crippen MR) is 75.1 cm³/mol. The minimum absolute atomic E-state index is 0.0655. The molecule has 2 nitrogen and oxygen atoms in total. The van der Waals surface area contributed by atoms with Gasteiger partial charge in [0.1, 0.15) is 11.6 Å². The number of benzene rings is 2. The van der Waals surface area contributed by atoms with Crippen molar-refractivity contribution in [3.05, 3.63) is 63.4 Å². The zero-order chi connectivity index (χ0) is 13.8. The molecule has 2 aromatic rings. The Labute approximate surface area is 120 Å². The first-order valence-corrected chi connectivity index (χ1v) is 6.44. The Kier molecular flexibility index (Phi) is 4.64. The van der Waals surface area contributed by atoms with Crippen molar-refractivity contribution in [1.82, 2.24) is 5.32 Å². The van der Waals surface area contributed by atoms with Crippen molar-refractivity contribution in [3.8, 4) is 5.75 Å². The summed E-state index contributed by atoms with van der Waals surface area (Å²) in [6.07, 6.45) is 0. The highest BCUT2D eigenvalue weighted by Gasteiger charge is 2.02. The van der Waals surface area contributed by atoms with Crippen molar-refractivity contribution in [1.29, 1.82) is 0 Å². The normalized spacial score (nSPS) is 10.7. The second kappa shape index (κ2) is 6.24. The molecule has 0 spiro atoms. The highest BCUT2D eigenvalue weighted by atomic mass is 35.5. The van der Waals surface area contributed by atoms with E-state index in [1.54, 1.807) is 30.3 Å². The third-order valence-electron chi connectivity index (χ3n) is 2.65. The van der Waals surface area contributed by atoms with E-state index >= 15 is 0 Å². The number of hydrogen-bond acceptors (Lipinski definition) is 2. The van der Waals surface area contributed by atoms with Crippen molar-refractivity contribution in [2.24, 2.45) is 0 Å². The number of nitrogens with one attached hydrogen (secondary N) is 1. The molecule has 0 aliphatic rings. The van der Waals surface area contributed by atoms with Gasteiger partial charge in [0, 0.05) is 13.1 Å². The summed E-state index contributed by atoms with van der Waals surface area (Å²) in [5.41, 5.74) is 1.85. The molecule has 0 saturated heterocycles. The number of rotatable bonds is 4. The van der Waals surface area contributed by atoms with E-state index in [4.69, 9.17) is 23.2 Å². The van der Waals surface area contributed by atoms with Gasteiger partial charge in [0.05, 0.1) is 10.0 Å². The first-order chi connectivity index (χ1) is 9.06. The summed E-state index contributed by atoms with van der Waals surface area (Å²) in [6.45, 7) is 1.16.